The molecule has 1 aliphatic rings. The van der Waals surface area contributed by atoms with Crippen LogP contribution in [0, 0.1) is 0 Å². The third kappa shape index (κ3) is 3.70. The molecule has 2 heterocycles. The Morgan fingerprint density at radius 2 is 1.00 bits per heavy atom. The molecule has 0 amide bonds. The standard InChI is InChI=1S/C37H26GeN2O/c1-3-13-28(14-4-1)38(29-15-5-2-6-16-29)31-17-7-10-20-34(31)40(35-21-11-8-18-32(35)38)30-25-23-27(24-26-30)37-39-33-19-9-12-22-36(33)41-37/h1-26H. The van der Waals surface area contributed by atoms with Gasteiger partial charge in [-0.25, -0.2) is 0 Å². The van der Waals surface area contributed by atoms with E-state index in [1.54, 1.807) is 0 Å². The summed E-state index contributed by atoms with van der Waals surface area (Å²) in [6.45, 7) is 0. The summed E-state index contributed by atoms with van der Waals surface area (Å²) in [6, 6.07) is 56.9. The molecule has 6 aromatic carbocycles. The molecule has 0 radical (unpaired) electrons. The number of fused-ring (bicyclic) bond motifs is 3. The quantitative estimate of drug-likeness (QED) is 0.216. The van der Waals surface area contributed by atoms with Crippen LogP contribution in [-0.4, -0.2) is 18.3 Å². The van der Waals surface area contributed by atoms with Gasteiger partial charge in [0.25, 0.3) is 0 Å². The van der Waals surface area contributed by atoms with Crippen molar-refractivity contribution in [2.24, 2.45) is 0 Å². The second-order valence-electron chi connectivity index (χ2n) is 10.4. The fraction of sp³-hybridized carbons (Fsp3) is 0. The molecule has 8 rings (SSSR count). The number of nitrogens with zero attached hydrogens (tertiary/aromatic N) is 2. The van der Waals surface area contributed by atoms with Gasteiger partial charge in [0.15, 0.2) is 0 Å². The Hall–Kier alpha value is -4.87. The zero-order valence-corrected chi connectivity index (χ0v) is 24.4. The van der Waals surface area contributed by atoms with E-state index in [9.17, 15) is 0 Å². The van der Waals surface area contributed by atoms with E-state index in [0.29, 0.717) is 5.89 Å². The minimum atomic E-state index is -3.35. The van der Waals surface area contributed by atoms with E-state index in [0.717, 1.165) is 22.4 Å². The van der Waals surface area contributed by atoms with Crippen LogP contribution in [0.5, 0.6) is 0 Å². The Balaban J connectivity index is 1.34. The average molecular weight is 587 g/mol. The van der Waals surface area contributed by atoms with Crippen molar-refractivity contribution in [3.63, 3.8) is 0 Å². The maximum absolute atomic E-state index is 6.06. The molecule has 41 heavy (non-hydrogen) atoms. The van der Waals surface area contributed by atoms with Crippen LogP contribution in [0.2, 0.25) is 0 Å². The van der Waals surface area contributed by atoms with Crippen molar-refractivity contribution in [2.75, 3.05) is 4.90 Å². The number of anilines is 3. The van der Waals surface area contributed by atoms with Gasteiger partial charge in [-0.1, -0.05) is 0 Å². The summed E-state index contributed by atoms with van der Waals surface area (Å²) < 4.78 is 11.8. The first kappa shape index (κ1) is 24.0. The van der Waals surface area contributed by atoms with Gasteiger partial charge in [0.2, 0.25) is 0 Å². The van der Waals surface area contributed by atoms with Gasteiger partial charge in [0, 0.05) is 0 Å². The van der Waals surface area contributed by atoms with E-state index in [2.05, 4.69) is 138 Å². The molecular formula is C37H26GeN2O. The molecule has 0 aliphatic carbocycles. The van der Waals surface area contributed by atoms with Crippen molar-refractivity contribution in [3.8, 4) is 11.5 Å². The third-order valence-electron chi connectivity index (χ3n) is 8.18. The molecule has 1 aliphatic heterocycles. The first-order valence-corrected chi connectivity index (χ1v) is 18.1. The maximum atomic E-state index is 6.06. The monoisotopic (exact) mass is 588 g/mol. The van der Waals surface area contributed by atoms with Crippen molar-refractivity contribution >= 4 is 59.0 Å². The molecule has 0 unspecified atom stereocenters. The number of aromatic nitrogens is 1. The molecule has 0 atom stereocenters. The van der Waals surface area contributed by atoms with E-state index in [1.807, 2.05) is 24.3 Å². The van der Waals surface area contributed by atoms with Crippen molar-refractivity contribution in [2.45, 2.75) is 0 Å². The molecule has 0 saturated carbocycles. The Morgan fingerprint density at radius 3 is 1.59 bits per heavy atom. The molecule has 0 fully saturated rings. The van der Waals surface area contributed by atoms with Crippen LogP contribution in [0.1, 0.15) is 0 Å². The summed E-state index contributed by atoms with van der Waals surface area (Å²) in [5.74, 6) is 0.638. The summed E-state index contributed by atoms with van der Waals surface area (Å²) >= 11 is -3.35. The van der Waals surface area contributed by atoms with Crippen LogP contribution in [0.3, 0.4) is 0 Å². The minimum absolute atomic E-state index is 0.638. The van der Waals surface area contributed by atoms with Gasteiger partial charge in [0.05, 0.1) is 0 Å². The summed E-state index contributed by atoms with van der Waals surface area (Å²) in [4.78, 5) is 7.14. The van der Waals surface area contributed by atoms with Crippen molar-refractivity contribution in [1.29, 1.82) is 0 Å². The fourth-order valence-corrected chi connectivity index (χ4v) is 17.1. The van der Waals surface area contributed by atoms with Crippen molar-refractivity contribution in [1.82, 2.24) is 4.98 Å². The summed E-state index contributed by atoms with van der Waals surface area (Å²) in [6.07, 6.45) is 0. The predicted octanol–water partition coefficient (Wildman–Crippen LogP) is 6.66. The Bertz CT molecular complexity index is 1880. The molecule has 1 aromatic heterocycles. The number of hydrogen-bond acceptors (Lipinski definition) is 3. The molecule has 0 spiro atoms. The molecule has 3 nitrogen and oxygen atoms in total. The molecular weight excluding hydrogens is 561 g/mol. The van der Waals surface area contributed by atoms with Gasteiger partial charge in [-0.2, -0.15) is 0 Å². The number of hydrogen-bond donors (Lipinski definition) is 0. The molecule has 194 valence electrons. The van der Waals surface area contributed by atoms with Crippen LogP contribution >= 0.6 is 0 Å². The Morgan fingerprint density at radius 1 is 0.488 bits per heavy atom. The second-order valence-corrected chi connectivity index (χ2v) is 18.2. The van der Waals surface area contributed by atoms with Gasteiger partial charge in [-0.3, -0.25) is 0 Å². The summed E-state index contributed by atoms with van der Waals surface area (Å²) in [5.41, 5.74) is 6.23. The summed E-state index contributed by atoms with van der Waals surface area (Å²) in [7, 11) is 0. The van der Waals surface area contributed by atoms with E-state index >= 15 is 0 Å². The van der Waals surface area contributed by atoms with Gasteiger partial charge in [0.1, 0.15) is 0 Å². The van der Waals surface area contributed by atoms with Gasteiger partial charge in [-0.15, -0.1) is 0 Å². The van der Waals surface area contributed by atoms with E-state index in [4.69, 9.17) is 9.40 Å². The number of oxazole rings is 1. The Kier molecular flexibility index (Phi) is 5.64. The summed E-state index contributed by atoms with van der Waals surface area (Å²) in [5, 5.41) is 0. The Labute approximate surface area is 241 Å². The zero-order chi connectivity index (χ0) is 27.2. The van der Waals surface area contributed by atoms with Gasteiger partial charge >= 0.3 is 242 Å². The van der Waals surface area contributed by atoms with Crippen LogP contribution in [0.15, 0.2) is 162 Å². The first-order valence-electron chi connectivity index (χ1n) is 13.9. The van der Waals surface area contributed by atoms with Crippen LogP contribution in [0.25, 0.3) is 22.6 Å². The molecule has 0 N–H and O–H groups in total. The van der Waals surface area contributed by atoms with Crippen molar-refractivity contribution in [3.05, 3.63) is 158 Å². The molecule has 7 aromatic rings. The van der Waals surface area contributed by atoms with Crippen LogP contribution < -0.4 is 22.5 Å². The predicted molar refractivity (Wildman–Crippen MR) is 171 cm³/mol. The van der Waals surface area contributed by atoms with Gasteiger partial charge in [-0.05, 0) is 0 Å². The SMILES string of the molecule is c1cc[c]([Ge]2([c]3ccccc3)[c]3ccccc3N(c3ccc(-c4nc5ccccc5o4)cc3)c3cccc[c]32)cc1. The third-order valence-corrected chi connectivity index (χ3v) is 18.4. The molecule has 0 saturated heterocycles. The first-order chi connectivity index (χ1) is 20.3. The van der Waals surface area contributed by atoms with Crippen LogP contribution in [-0.2, 0) is 0 Å². The molecule has 0 bridgehead atoms. The fourth-order valence-electron chi connectivity index (χ4n) is 6.44. The normalized spacial score (nSPS) is 13.5. The van der Waals surface area contributed by atoms with Crippen molar-refractivity contribution < 1.29 is 4.42 Å². The molecule has 4 heteroatoms. The van der Waals surface area contributed by atoms with E-state index < -0.39 is 13.3 Å². The second kappa shape index (κ2) is 9.65. The van der Waals surface area contributed by atoms with Crippen LogP contribution in [0.4, 0.5) is 17.1 Å². The topological polar surface area (TPSA) is 29.3 Å². The van der Waals surface area contributed by atoms with E-state index in [1.165, 1.54) is 29.0 Å². The van der Waals surface area contributed by atoms with Gasteiger partial charge < -0.3 is 0 Å². The number of rotatable bonds is 4. The number of benzene rings is 6. The average Bonchev–Trinajstić information content (AvgIpc) is 3.49. The zero-order valence-electron chi connectivity index (χ0n) is 22.3. The van der Waals surface area contributed by atoms with E-state index in [-0.39, 0.29) is 0 Å². The number of para-hydroxylation sites is 4.